The molecule has 0 amide bonds. The highest BCUT2D eigenvalue weighted by Gasteiger charge is 2.07. The number of rotatable bonds is 6. The SMILES string of the molecule is CC(NCCc1cccs1)c1cccc(-n2cnnn2)c1. The predicted molar refractivity (Wildman–Crippen MR) is 83.6 cm³/mol. The smallest absolute Gasteiger partial charge is 0.143 e. The van der Waals surface area contributed by atoms with Crippen molar-refractivity contribution >= 4 is 11.3 Å². The number of benzene rings is 1. The second kappa shape index (κ2) is 6.60. The van der Waals surface area contributed by atoms with Crippen LogP contribution in [0, 0.1) is 0 Å². The van der Waals surface area contributed by atoms with Gasteiger partial charge in [0.25, 0.3) is 0 Å². The Kier molecular flexibility index (Phi) is 4.37. The second-order valence-electron chi connectivity index (χ2n) is 4.85. The molecule has 2 aromatic heterocycles. The van der Waals surface area contributed by atoms with E-state index < -0.39 is 0 Å². The average Bonchev–Trinajstić information content (AvgIpc) is 3.21. The molecule has 21 heavy (non-hydrogen) atoms. The van der Waals surface area contributed by atoms with Crippen molar-refractivity contribution in [2.75, 3.05) is 6.54 Å². The number of aromatic nitrogens is 4. The van der Waals surface area contributed by atoms with Crippen molar-refractivity contribution in [2.24, 2.45) is 0 Å². The molecule has 0 aliphatic carbocycles. The van der Waals surface area contributed by atoms with E-state index in [-0.39, 0.29) is 0 Å². The Morgan fingerprint density at radius 1 is 1.29 bits per heavy atom. The molecule has 0 saturated carbocycles. The summed E-state index contributed by atoms with van der Waals surface area (Å²) < 4.78 is 1.67. The van der Waals surface area contributed by atoms with Gasteiger partial charge in [0.2, 0.25) is 0 Å². The second-order valence-corrected chi connectivity index (χ2v) is 5.89. The van der Waals surface area contributed by atoms with E-state index >= 15 is 0 Å². The summed E-state index contributed by atoms with van der Waals surface area (Å²) >= 11 is 1.81. The Morgan fingerprint density at radius 2 is 2.24 bits per heavy atom. The molecule has 1 atom stereocenters. The molecule has 5 nitrogen and oxygen atoms in total. The number of hydrogen-bond acceptors (Lipinski definition) is 5. The van der Waals surface area contributed by atoms with Crippen LogP contribution in [0.1, 0.15) is 23.4 Å². The minimum absolute atomic E-state index is 0.293. The van der Waals surface area contributed by atoms with Crippen molar-refractivity contribution in [1.82, 2.24) is 25.5 Å². The summed E-state index contributed by atoms with van der Waals surface area (Å²) in [6, 6.07) is 12.8. The first-order chi connectivity index (χ1) is 10.3. The summed E-state index contributed by atoms with van der Waals surface area (Å²) in [6.45, 7) is 3.14. The van der Waals surface area contributed by atoms with Gasteiger partial charge in [-0.2, -0.15) is 0 Å². The van der Waals surface area contributed by atoms with Crippen LogP contribution in [0.5, 0.6) is 0 Å². The monoisotopic (exact) mass is 299 g/mol. The van der Waals surface area contributed by atoms with Crippen molar-refractivity contribution in [3.05, 3.63) is 58.5 Å². The van der Waals surface area contributed by atoms with Crippen LogP contribution in [-0.4, -0.2) is 26.8 Å². The molecule has 0 spiro atoms. The van der Waals surface area contributed by atoms with E-state index in [0.717, 1.165) is 18.7 Å². The van der Waals surface area contributed by atoms with E-state index in [4.69, 9.17) is 0 Å². The standard InChI is InChI=1S/C15H17N5S/c1-12(16-8-7-15-6-3-9-21-15)13-4-2-5-14(10-13)20-11-17-18-19-20/h2-6,9-12,16H,7-8H2,1H3. The fourth-order valence-corrected chi connectivity index (χ4v) is 2.91. The molecule has 1 unspecified atom stereocenters. The van der Waals surface area contributed by atoms with Gasteiger partial charge >= 0.3 is 0 Å². The molecule has 0 aliphatic rings. The molecule has 0 fully saturated rings. The molecular formula is C15H17N5S. The average molecular weight is 299 g/mol. The topological polar surface area (TPSA) is 55.6 Å². The van der Waals surface area contributed by atoms with E-state index in [0.29, 0.717) is 6.04 Å². The van der Waals surface area contributed by atoms with Crippen LogP contribution < -0.4 is 5.32 Å². The Hall–Kier alpha value is -2.05. The van der Waals surface area contributed by atoms with E-state index in [1.807, 2.05) is 12.1 Å². The molecule has 6 heteroatoms. The lowest BCUT2D eigenvalue weighted by molar-refractivity contribution is 0.578. The number of nitrogens with zero attached hydrogens (tertiary/aromatic N) is 4. The predicted octanol–water partition coefficient (Wildman–Crippen LogP) is 2.62. The number of nitrogens with one attached hydrogen (secondary N) is 1. The largest absolute Gasteiger partial charge is 0.310 e. The molecule has 0 radical (unpaired) electrons. The van der Waals surface area contributed by atoms with Gasteiger partial charge < -0.3 is 5.32 Å². The van der Waals surface area contributed by atoms with Gasteiger partial charge in [0, 0.05) is 17.5 Å². The maximum absolute atomic E-state index is 3.92. The lowest BCUT2D eigenvalue weighted by atomic mass is 10.1. The molecule has 108 valence electrons. The van der Waals surface area contributed by atoms with Gasteiger partial charge in [-0.05, 0) is 52.9 Å². The fraction of sp³-hybridized carbons (Fsp3) is 0.267. The molecule has 0 saturated heterocycles. The van der Waals surface area contributed by atoms with Crippen molar-refractivity contribution < 1.29 is 0 Å². The van der Waals surface area contributed by atoms with Gasteiger partial charge in [-0.15, -0.1) is 16.4 Å². The molecule has 1 aromatic carbocycles. The van der Waals surface area contributed by atoms with Gasteiger partial charge in [0.1, 0.15) is 6.33 Å². The van der Waals surface area contributed by atoms with Crippen LogP contribution in [0.3, 0.4) is 0 Å². The zero-order valence-corrected chi connectivity index (χ0v) is 12.6. The minimum Gasteiger partial charge on any atom is -0.310 e. The lowest BCUT2D eigenvalue weighted by Crippen LogP contribution is -2.21. The fourth-order valence-electron chi connectivity index (χ4n) is 2.20. The zero-order valence-electron chi connectivity index (χ0n) is 11.8. The summed E-state index contributed by atoms with van der Waals surface area (Å²) in [7, 11) is 0. The number of tetrazole rings is 1. The van der Waals surface area contributed by atoms with Gasteiger partial charge in [-0.1, -0.05) is 18.2 Å². The van der Waals surface area contributed by atoms with E-state index in [2.05, 4.69) is 57.4 Å². The normalized spacial score (nSPS) is 12.4. The highest BCUT2D eigenvalue weighted by atomic mass is 32.1. The Labute approximate surface area is 127 Å². The first-order valence-electron chi connectivity index (χ1n) is 6.92. The highest BCUT2D eigenvalue weighted by molar-refractivity contribution is 7.09. The summed E-state index contributed by atoms with van der Waals surface area (Å²) in [4.78, 5) is 1.41. The first-order valence-corrected chi connectivity index (χ1v) is 7.80. The third-order valence-corrected chi connectivity index (χ3v) is 4.32. The maximum atomic E-state index is 3.92. The van der Waals surface area contributed by atoms with E-state index in [1.54, 1.807) is 22.3 Å². The maximum Gasteiger partial charge on any atom is 0.143 e. The van der Waals surface area contributed by atoms with Gasteiger partial charge in [-0.3, -0.25) is 0 Å². The molecule has 3 rings (SSSR count). The third-order valence-electron chi connectivity index (χ3n) is 3.39. The van der Waals surface area contributed by atoms with Crippen LogP contribution in [0.15, 0.2) is 48.1 Å². The van der Waals surface area contributed by atoms with Crippen molar-refractivity contribution in [2.45, 2.75) is 19.4 Å². The summed E-state index contributed by atoms with van der Waals surface area (Å²) in [5, 5.41) is 16.9. The summed E-state index contributed by atoms with van der Waals surface area (Å²) in [5.41, 5.74) is 2.21. The minimum atomic E-state index is 0.293. The van der Waals surface area contributed by atoms with Crippen LogP contribution in [-0.2, 0) is 6.42 Å². The Balaban J connectivity index is 1.62. The van der Waals surface area contributed by atoms with Crippen LogP contribution >= 0.6 is 11.3 Å². The Morgan fingerprint density at radius 3 is 3.00 bits per heavy atom. The van der Waals surface area contributed by atoms with Gasteiger partial charge in [0.15, 0.2) is 0 Å². The van der Waals surface area contributed by atoms with Crippen molar-refractivity contribution in [3.63, 3.8) is 0 Å². The van der Waals surface area contributed by atoms with Crippen LogP contribution in [0.2, 0.25) is 0 Å². The molecule has 2 heterocycles. The van der Waals surface area contributed by atoms with Gasteiger partial charge in [-0.25, -0.2) is 4.68 Å². The number of thiophene rings is 1. The molecule has 3 aromatic rings. The third kappa shape index (κ3) is 3.53. The van der Waals surface area contributed by atoms with Crippen molar-refractivity contribution in [3.8, 4) is 5.69 Å². The zero-order chi connectivity index (χ0) is 14.5. The highest BCUT2D eigenvalue weighted by Crippen LogP contribution is 2.16. The first kappa shape index (κ1) is 13.9. The number of hydrogen-bond donors (Lipinski definition) is 1. The molecule has 0 aliphatic heterocycles. The van der Waals surface area contributed by atoms with Gasteiger partial charge in [0.05, 0.1) is 5.69 Å². The van der Waals surface area contributed by atoms with E-state index in [9.17, 15) is 0 Å². The summed E-state index contributed by atoms with van der Waals surface area (Å²) in [5.74, 6) is 0. The quantitative estimate of drug-likeness (QED) is 0.760. The molecule has 0 bridgehead atoms. The van der Waals surface area contributed by atoms with Crippen molar-refractivity contribution in [1.29, 1.82) is 0 Å². The Bertz CT molecular complexity index is 663. The van der Waals surface area contributed by atoms with Crippen LogP contribution in [0.25, 0.3) is 5.69 Å². The molecule has 1 N–H and O–H groups in total. The lowest BCUT2D eigenvalue weighted by Gasteiger charge is -2.15. The summed E-state index contributed by atoms with van der Waals surface area (Å²) in [6.07, 6.45) is 2.67. The van der Waals surface area contributed by atoms with Crippen LogP contribution in [0.4, 0.5) is 0 Å². The van der Waals surface area contributed by atoms with E-state index in [1.165, 1.54) is 10.4 Å². The molecular weight excluding hydrogens is 282 g/mol.